The van der Waals surface area contributed by atoms with Crippen LogP contribution in [-0.4, -0.2) is 31.7 Å². The number of H-pyrrole nitrogens is 1. The Labute approximate surface area is 160 Å². The van der Waals surface area contributed by atoms with E-state index in [0.717, 1.165) is 11.1 Å². The Kier molecular flexibility index (Phi) is 4.93. The number of aromatic amines is 1. The number of alkyl carbamates (subject to hydrolysis) is 1. The van der Waals surface area contributed by atoms with Crippen molar-refractivity contribution in [2.45, 2.75) is 32.9 Å². The second-order valence-corrected chi connectivity index (χ2v) is 7.55. The fraction of sp³-hybridized carbons (Fsp3) is 0.333. The zero-order valence-corrected chi connectivity index (χ0v) is 16.2. The van der Waals surface area contributed by atoms with E-state index >= 15 is 0 Å². The summed E-state index contributed by atoms with van der Waals surface area (Å²) in [7, 11) is 1.81. The molecule has 3 rings (SSSR count). The number of carbonyl (C=O) groups excluding carboxylic acids is 1. The number of rotatable bonds is 3. The van der Waals surface area contributed by atoms with Crippen molar-refractivity contribution >= 4 is 28.5 Å². The van der Waals surface area contributed by atoms with Crippen LogP contribution in [0.3, 0.4) is 0 Å². The zero-order valence-electron chi connectivity index (χ0n) is 15.5. The maximum absolute atomic E-state index is 12.2. The minimum atomic E-state index is -0.610. The van der Waals surface area contributed by atoms with Crippen LogP contribution in [0.5, 0.6) is 0 Å². The minimum Gasteiger partial charge on any atom is -0.444 e. The van der Waals surface area contributed by atoms with Crippen molar-refractivity contribution in [2.75, 3.05) is 0 Å². The predicted molar refractivity (Wildman–Crippen MR) is 103 cm³/mol. The van der Waals surface area contributed by atoms with Crippen molar-refractivity contribution in [1.82, 2.24) is 25.3 Å². The Bertz CT molecular complexity index is 1070. The molecule has 0 fully saturated rings. The molecule has 0 saturated carbocycles. The molecule has 9 heteroatoms. The molecule has 0 aliphatic carbocycles. The number of nitrogens with zero attached hydrogens (tertiary/aromatic N) is 3. The zero-order chi connectivity index (χ0) is 19.8. The number of nitrogens with one attached hydrogen (secondary N) is 2. The summed E-state index contributed by atoms with van der Waals surface area (Å²) < 4.78 is 6.90. The highest BCUT2D eigenvalue weighted by Crippen LogP contribution is 2.29. The Hall–Kier alpha value is -2.87. The van der Waals surface area contributed by atoms with Crippen LogP contribution in [0.15, 0.2) is 29.3 Å². The van der Waals surface area contributed by atoms with Gasteiger partial charge in [0.25, 0.3) is 5.56 Å². The third-order valence-electron chi connectivity index (χ3n) is 3.76. The summed E-state index contributed by atoms with van der Waals surface area (Å²) in [6.45, 7) is 5.41. The number of amides is 1. The average Bonchev–Trinajstić information content (AvgIpc) is 2.98. The van der Waals surface area contributed by atoms with Gasteiger partial charge in [0.2, 0.25) is 0 Å². The summed E-state index contributed by atoms with van der Waals surface area (Å²) >= 11 is 6.36. The first kappa shape index (κ1) is 18.9. The lowest BCUT2D eigenvalue weighted by molar-refractivity contribution is 0.0523. The van der Waals surface area contributed by atoms with E-state index in [2.05, 4.69) is 20.6 Å². The third-order valence-corrected chi connectivity index (χ3v) is 4.06. The van der Waals surface area contributed by atoms with Crippen molar-refractivity contribution in [3.8, 4) is 11.1 Å². The molecule has 142 valence electrons. The molecule has 0 aliphatic heterocycles. The number of ether oxygens (including phenoxy) is 1. The molecule has 0 aliphatic rings. The lowest BCUT2D eigenvalue weighted by Gasteiger charge is -2.19. The maximum Gasteiger partial charge on any atom is 0.407 e. The normalized spacial score (nSPS) is 11.6. The fourth-order valence-electron chi connectivity index (χ4n) is 2.64. The lowest BCUT2D eigenvalue weighted by Crippen LogP contribution is -2.32. The maximum atomic E-state index is 12.2. The molecule has 0 radical (unpaired) electrons. The van der Waals surface area contributed by atoms with Crippen LogP contribution in [0.4, 0.5) is 4.79 Å². The molecule has 2 N–H and O–H groups in total. The van der Waals surface area contributed by atoms with Crippen LogP contribution < -0.4 is 10.9 Å². The number of hydrogen-bond donors (Lipinski definition) is 2. The summed E-state index contributed by atoms with van der Waals surface area (Å²) in [6, 6.07) is 3.52. The van der Waals surface area contributed by atoms with Gasteiger partial charge in [0.1, 0.15) is 5.60 Å². The van der Waals surface area contributed by atoms with Gasteiger partial charge in [-0.2, -0.15) is 10.2 Å². The van der Waals surface area contributed by atoms with Gasteiger partial charge in [-0.05, 0) is 38.5 Å². The number of aromatic nitrogens is 4. The van der Waals surface area contributed by atoms with Crippen LogP contribution in [0.1, 0.15) is 26.5 Å². The Balaban J connectivity index is 2.00. The summed E-state index contributed by atoms with van der Waals surface area (Å²) in [4.78, 5) is 24.1. The van der Waals surface area contributed by atoms with E-state index in [1.807, 2.05) is 19.3 Å². The van der Waals surface area contributed by atoms with Crippen LogP contribution in [0.25, 0.3) is 21.9 Å². The number of aryl methyl sites for hydroxylation is 1. The van der Waals surface area contributed by atoms with Gasteiger partial charge < -0.3 is 10.1 Å². The molecule has 0 spiro atoms. The lowest BCUT2D eigenvalue weighted by atomic mass is 10.0. The van der Waals surface area contributed by atoms with Crippen LogP contribution >= 0.6 is 11.6 Å². The average molecular weight is 390 g/mol. The smallest absolute Gasteiger partial charge is 0.407 e. The summed E-state index contributed by atoms with van der Waals surface area (Å²) in [5.74, 6) is 0. The van der Waals surface area contributed by atoms with Crippen molar-refractivity contribution in [3.63, 3.8) is 0 Å². The van der Waals surface area contributed by atoms with Gasteiger partial charge in [-0.3, -0.25) is 9.48 Å². The van der Waals surface area contributed by atoms with Gasteiger partial charge in [-0.15, -0.1) is 0 Å². The highest BCUT2D eigenvalue weighted by molar-refractivity contribution is 6.35. The first-order valence-electron chi connectivity index (χ1n) is 8.31. The van der Waals surface area contributed by atoms with Crippen molar-refractivity contribution in [1.29, 1.82) is 0 Å². The molecule has 27 heavy (non-hydrogen) atoms. The van der Waals surface area contributed by atoms with E-state index in [1.165, 1.54) is 0 Å². The second kappa shape index (κ2) is 7.03. The molecular weight excluding hydrogens is 370 g/mol. The molecule has 3 aromatic rings. The molecule has 8 nitrogen and oxygen atoms in total. The molecule has 0 saturated heterocycles. The molecule has 0 unspecified atom stereocenters. The standard InChI is InChI=1S/C18H20ClN5O3/c1-18(2,3)27-17(26)20-8-14-12-5-10(11-7-21-24(4)9-11)6-13(19)15(12)16(25)23-22-14/h5-7,9H,8H2,1-4H3,(H,20,26)(H,23,25). The van der Waals surface area contributed by atoms with Crippen LogP contribution in [-0.2, 0) is 18.3 Å². The van der Waals surface area contributed by atoms with E-state index in [1.54, 1.807) is 37.7 Å². The summed E-state index contributed by atoms with van der Waals surface area (Å²) in [5, 5.41) is 14.5. The van der Waals surface area contributed by atoms with Crippen molar-refractivity contribution in [3.05, 3.63) is 45.6 Å². The van der Waals surface area contributed by atoms with Gasteiger partial charge in [0.05, 0.1) is 28.8 Å². The van der Waals surface area contributed by atoms with Gasteiger partial charge in [0, 0.05) is 24.2 Å². The van der Waals surface area contributed by atoms with Crippen LogP contribution in [0.2, 0.25) is 5.02 Å². The van der Waals surface area contributed by atoms with Crippen molar-refractivity contribution < 1.29 is 9.53 Å². The molecule has 1 amide bonds. The first-order chi connectivity index (χ1) is 12.6. The molecule has 0 atom stereocenters. The molecule has 0 bridgehead atoms. The highest BCUT2D eigenvalue weighted by Gasteiger charge is 2.18. The number of fused-ring (bicyclic) bond motifs is 1. The third kappa shape index (κ3) is 4.28. The monoisotopic (exact) mass is 389 g/mol. The van der Waals surface area contributed by atoms with Crippen LogP contribution in [0, 0.1) is 0 Å². The van der Waals surface area contributed by atoms with E-state index in [-0.39, 0.29) is 6.54 Å². The SMILES string of the molecule is Cn1cc(-c2cc(Cl)c3c(=O)[nH]nc(CNC(=O)OC(C)(C)C)c3c2)cn1. The van der Waals surface area contributed by atoms with E-state index in [9.17, 15) is 9.59 Å². The van der Waals surface area contributed by atoms with Gasteiger partial charge in [-0.25, -0.2) is 9.89 Å². The molecule has 2 aromatic heterocycles. The highest BCUT2D eigenvalue weighted by atomic mass is 35.5. The number of hydrogen-bond acceptors (Lipinski definition) is 5. The Morgan fingerprint density at radius 1 is 1.33 bits per heavy atom. The van der Waals surface area contributed by atoms with Gasteiger partial charge in [-0.1, -0.05) is 11.6 Å². The second-order valence-electron chi connectivity index (χ2n) is 7.14. The number of carbonyl (C=O) groups is 1. The summed E-state index contributed by atoms with van der Waals surface area (Å²) in [5.41, 5.74) is 1.12. The van der Waals surface area contributed by atoms with Gasteiger partial charge >= 0.3 is 6.09 Å². The van der Waals surface area contributed by atoms with Crippen molar-refractivity contribution in [2.24, 2.45) is 7.05 Å². The molecular formula is C18H20ClN5O3. The number of benzene rings is 1. The van der Waals surface area contributed by atoms with E-state index in [4.69, 9.17) is 16.3 Å². The minimum absolute atomic E-state index is 0.0784. The van der Waals surface area contributed by atoms with Gasteiger partial charge in [0.15, 0.2) is 0 Å². The predicted octanol–water partition coefficient (Wildman–Crippen LogP) is 3.00. The van der Waals surface area contributed by atoms with E-state index < -0.39 is 17.3 Å². The first-order valence-corrected chi connectivity index (χ1v) is 8.68. The molecule has 1 aromatic carbocycles. The Morgan fingerprint density at radius 2 is 2.07 bits per heavy atom. The Morgan fingerprint density at radius 3 is 2.70 bits per heavy atom. The molecule has 2 heterocycles. The quantitative estimate of drug-likeness (QED) is 0.716. The largest absolute Gasteiger partial charge is 0.444 e. The number of halogens is 1. The summed E-state index contributed by atoms with van der Waals surface area (Å²) in [6.07, 6.45) is 2.98. The van der Waals surface area contributed by atoms with E-state index in [0.29, 0.717) is 21.5 Å². The fourth-order valence-corrected chi connectivity index (χ4v) is 2.95. The topological polar surface area (TPSA) is 102 Å².